The van der Waals surface area contributed by atoms with E-state index < -0.39 is 23.5 Å². The van der Waals surface area contributed by atoms with E-state index in [-0.39, 0.29) is 16.8 Å². The summed E-state index contributed by atoms with van der Waals surface area (Å²) in [5.74, 6) is -1.43. The van der Waals surface area contributed by atoms with E-state index in [4.69, 9.17) is 5.26 Å². The van der Waals surface area contributed by atoms with Gasteiger partial charge in [0.05, 0.1) is 5.56 Å². The fraction of sp³-hybridized carbons (Fsp3) is 0.0588. The van der Waals surface area contributed by atoms with Crippen LogP contribution in [0.15, 0.2) is 54.1 Å². The summed E-state index contributed by atoms with van der Waals surface area (Å²) in [4.78, 5) is 12.0. The second-order valence-corrected chi connectivity index (χ2v) is 4.76. The van der Waals surface area contributed by atoms with Crippen molar-refractivity contribution in [2.45, 2.75) is 6.18 Å². The minimum Gasteiger partial charge on any atom is -0.321 e. The molecule has 2 aromatic carbocycles. The summed E-state index contributed by atoms with van der Waals surface area (Å²) in [6.45, 7) is 0. The summed E-state index contributed by atoms with van der Waals surface area (Å²) < 4.78 is 51.0. The van der Waals surface area contributed by atoms with Crippen molar-refractivity contribution in [3.05, 3.63) is 71.0 Å². The number of nitriles is 1. The normalized spacial score (nSPS) is 11.7. The molecule has 0 bridgehead atoms. The third-order valence-corrected chi connectivity index (χ3v) is 2.97. The van der Waals surface area contributed by atoms with Gasteiger partial charge >= 0.3 is 6.18 Å². The number of nitrogens with zero attached hydrogens (tertiary/aromatic N) is 1. The molecule has 0 unspecified atom stereocenters. The summed E-state index contributed by atoms with van der Waals surface area (Å²) >= 11 is 0. The number of nitrogens with one attached hydrogen (secondary N) is 1. The largest absolute Gasteiger partial charge is 0.416 e. The number of carbonyl (C=O) groups is 1. The molecule has 0 aliphatic carbocycles. The molecular formula is C17H10F4N2O. The number of amides is 1. The molecule has 0 aliphatic heterocycles. The van der Waals surface area contributed by atoms with E-state index in [0.29, 0.717) is 0 Å². The Hall–Kier alpha value is -3.14. The molecule has 2 rings (SSSR count). The Morgan fingerprint density at radius 2 is 1.83 bits per heavy atom. The highest BCUT2D eigenvalue weighted by atomic mass is 19.4. The lowest BCUT2D eigenvalue weighted by Gasteiger charge is -2.09. The van der Waals surface area contributed by atoms with Crippen molar-refractivity contribution in [2.24, 2.45) is 0 Å². The molecule has 7 heteroatoms. The molecule has 0 atom stereocenters. The van der Waals surface area contributed by atoms with Crippen LogP contribution in [0.3, 0.4) is 0 Å². The molecule has 0 spiro atoms. The number of benzene rings is 2. The van der Waals surface area contributed by atoms with Gasteiger partial charge in [0.25, 0.3) is 5.91 Å². The maximum absolute atomic E-state index is 13.1. The lowest BCUT2D eigenvalue weighted by molar-refractivity contribution is -0.137. The zero-order chi connectivity index (χ0) is 17.7. The van der Waals surface area contributed by atoms with Crippen molar-refractivity contribution in [2.75, 3.05) is 5.32 Å². The first-order valence-electron chi connectivity index (χ1n) is 6.65. The number of carbonyl (C=O) groups excluding carboxylic acids is 1. The summed E-state index contributed by atoms with van der Waals surface area (Å²) in [7, 11) is 0. The summed E-state index contributed by atoms with van der Waals surface area (Å²) in [6.07, 6.45) is -3.40. The van der Waals surface area contributed by atoms with Crippen molar-refractivity contribution in [1.29, 1.82) is 5.26 Å². The quantitative estimate of drug-likeness (QED) is 0.514. The zero-order valence-corrected chi connectivity index (χ0v) is 12.1. The third kappa shape index (κ3) is 4.43. The van der Waals surface area contributed by atoms with Crippen LogP contribution in [0.2, 0.25) is 0 Å². The predicted octanol–water partition coefficient (Wildman–Crippen LogP) is 4.39. The van der Waals surface area contributed by atoms with Crippen molar-refractivity contribution < 1.29 is 22.4 Å². The molecule has 1 amide bonds. The minimum absolute atomic E-state index is 0.102. The SMILES string of the molecule is N#C/C(=C\c1cccc(F)c1)C(=O)Nc1cccc(C(F)(F)F)c1. The van der Waals surface area contributed by atoms with E-state index in [2.05, 4.69) is 5.32 Å². The number of halogens is 4. The zero-order valence-electron chi connectivity index (χ0n) is 12.1. The molecule has 122 valence electrons. The van der Waals surface area contributed by atoms with Gasteiger partial charge in [0.2, 0.25) is 0 Å². The van der Waals surface area contributed by atoms with Crippen molar-refractivity contribution in [1.82, 2.24) is 0 Å². The van der Waals surface area contributed by atoms with E-state index in [1.807, 2.05) is 0 Å². The molecule has 0 heterocycles. The van der Waals surface area contributed by atoms with Crippen LogP contribution in [0.25, 0.3) is 6.08 Å². The molecule has 0 aliphatic rings. The van der Waals surface area contributed by atoms with E-state index in [0.717, 1.165) is 30.3 Å². The van der Waals surface area contributed by atoms with Crippen LogP contribution >= 0.6 is 0 Å². The summed E-state index contributed by atoms with van der Waals surface area (Å²) in [5, 5.41) is 11.3. The van der Waals surface area contributed by atoms with Gasteiger partial charge in [-0.05, 0) is 42.0 Å². The van der Waals surface area contributed by atoms with Crippen molar-refractivity contribution in [3.8, 4) is 6.07 Å². The Labute approximate surface area is 134 Å². The highest BCUT2D eigenvalue weighted by Crippen LogP contribution is 2.30. The third-order valence-electron chi connectivity index (χ3n) is 2.97. The molecule has 0 saturated carbocycles. The Bertz CT molecular complexity index is 835. The van der Waals surface area contributed by atoms with Crippen LogP contribution in [0.1, 0.15) is 11.1 Å². The first-order chi connectivity index (χ1) is 11.3. The van der Waals surface area contributed by atoms with Crippen LogP contribution in [0.5, 0.6) is 0 Å². The Kier molecular flexibility index (Phi) is 4.99. The lowest BCUT2D eigenvalue weighted by atomic mass is 10.1. The minimum atomic E-state index is -4.55. The molecule has 3 nitrogen and oxygen atoms in total. The molecular weight excluding hydrogens is 324 g/mol. The van der Waals surface area contributed by atoms with Gasteiger partial charge in [0.1, 0.15) is 17.5 Å². The fourth-order valence-corrected chi connectivity index (χ4v) is 1.88. The summed E-state index contributed by atoms with van der Waals surface area (Å²) in [6, 6.07) is 10.9. The maximum atomic E-state index is 13.1. The number of rotatable bonds is 3. The monoisotopic (exact) mass is 334 g/mol. The van der Waals surface area contributed by atoms with Gasteiger partial charge in [0.15, 0.2) is 0 Å². The Balaban J connectivity index is 2.23. The molecule has 0 saturated heterocycles. The van der Waals surface area contributed by atoms with E-state index in [9.17, 15) is 22.4 Å². The smallest absolute Gasteiger partial charge is 0.321 e. The van der Waals surface area contributed by atoms with Crippen molar-refractivity contribution >= 4 is 17.7 Å². The standard InChI is InChI=1S/C17H10F4N2O/c18-14-5-1-3-11(8-14)7-12(10-22)16(24)23-15-6-2-4-13(9-15)17(19,20)21/h1-9H,(H,23,24)/b12-7+. The van der Waals surface area contributed by atoms with Gasteiger partial charge in [-0.25, -0.2) is 4.39 Å². The average molecular weight is 334 g/mol. The van der Waals surface area contributed by atoms with Crippen LogP contribution in [0.4, 0.5) is 23.2 Å². The van der Waals surface area contributed by atoms with E-state index >= 15 is 0 Å². The average Bonchev–Trinajstić information content (AvgIpc) is 2.52. The van der Waals surface area contributed by atoms with Crippen LogP contribution < -0.4 is 5.32 Å². The highest BCUT2D eigenvalue weighted by molar-refractivity contribution is 6.09. The number of hydrogen-bond acceptors (Lipinski definition) is 2. The maximum Gasteiger partial charge on any atom is 0.416 e. The first kappa shape index (κ1) is 17.2. The van der Waals surface area contributed by atoms with Crippen molar-refractivity contribution in [3.63, 3.8) is 0 Å². The van der Waals surface area contributed by atoms with Gasteiger partial charge in [-0.1, -0.05) is 18.2 Å². The molecule has 0 aromatic heterocycles. The lowest BCUT2D eigenvalue weighted by Crippen LogP contribution is -2.14. The Morgan fingerprint density at radius 1 is 1.12 bits per heavy atom. The number of anilines is 1. The molecule has 0 fully saturated rings. The second-order valence-electron chi connectivity index (χ2n) is 4.76. The first-order valence-corrected chi connectivity index (χ1v) is 6.65. The molecule has 24 heavy (non-hydrogen) atoms. The van der Waals surface area contributed by atoms with Crippen LogP contribution in [-0.4, -0.2) is 5.91 Å². The summed E-state index contributed by atoms with van der Waals surface area (Å²) in [5.41, 5.74) is -1.10. The topological polar surface area (TPSA) is 52.9 Å². The van der Waals surface area contributed by atoms with Gasteiger partial charge in [-0.2, -0.15) is 18.4 Å². The second kappa shape index (κ2) is 6.96. The molecule has 1 N–H and O–H groups in total. The number of alkyl halides is 3. The fourth-order valence-electron chi connectivity index (χ4n) is 1.88. The van der Waals surface area contributed by atoms with E-state index in [1.165, 1.54) is 24.3 Å². The van der Waals surface area contributed by atoms with Gasteiger partial charge in [0, 0.05) is 5.69 Å². The molecule has 2 aromatic rings. The van der Waals surface area contributed by atoms with Gasteiger partial charge in [-0.3, -0.25) is 4.79 Å². The van der Waals surface area contributed by atoms with Crippen LogP contribution in [-0.2, 0) is 11.0 Å². The highest BCUT2D eigenvalue weighted by Gasteiger charge is 2.30. The predicted molar refractivity (Wildman–Crippen MR) is 80.1 cm³/mol. The Morgan fingerprint density at radius 3 is 2.46 bits per heavy atom. The van der Waals surface area contributed by atoms with Crippen LogP contribution in [0, 0.1) is 17.1 Å². The van der Waals surface area contributed by atoms with Gasteiger partial charge in [-0.15, -0.1) is 0 Å². The van der Waals surface area contributed by atoms with E-state index in [1.54, 1.807) is 6.07 Å². The number of hydrogen-bond donors (Lipinski definition) is 1. The molecule has 0 radical (unpaired) electrons. The van der Waals surface area contributed by atoms with Gasteiger partial charge < -0.3 is 5.32 Å².